The molecule has 1 aliphatic rings. The Labute approximate surface area is 166 Å². The van der Waals surface area contributed by atoms with Gasteiger partial charge in [-0.05, 0) is 44.4 Å². The number of hydrogen-bond acceptors (Lipinski definition) is 5. The van der Waals surface area contributed by atoms with E-state index >= 15 is 0 Å². The van der Waals surface area contributed by atoms with Crippen LogP contribution in [0.4, 0.5) is 8.78 Å². The monoisotopic (exact) mass is 410 g/mol. The van der Waals surface area contributed by atoms with Crippen LogP contribution < -0.4 is 15.8 Å². The highest BCUT2D eigenvalue weighted by Gasteiger charge is 2.52. The number of benzene rings is 1. The maximum absolute atomic E-state index is 13.1. The van der Waals surface area contributed by atoms with Gasteiger partial charge in [0.05, 0.1) is 24.2 Å². The maximum Gasteiger partial charge on any atom is 0.256 e. The molecule has 1 aliphatic carbocycles. The lowest BCUT2D eigenvalue weighted by Gasteiger charge is -2.28. The van der Waals surface area contributed by atoms with Crippen LogP contribution in [0.25, 0.3) is 11.0 Å². The second-order valence-electron chi connectivity index (χ2n) is 7.56. The third-order valence-electron chi connectivity index (χ3n) is 5.64. The van der Waals surface area contributed by atoms with E-state index < -0.39 is 35.8 Å². The van der Waals surface area contributed by atoms with Crippen LogP contribution in [0.5, 0.6) is 5.75 Å². The summed E-state index contributed by atoms with van der Waals surface area (Å²) in [6.45, 7) is 2.44. The Morgan fingerprint density at radius 3 is 2.62 bits per heavy atom. The normalized spacial score (nSPS) is 17.2. The number of aryl methyl sites for hydroxylation is 1. The summed E-state index contributed by atoms with van der Waals surface area (Å²) in [4.78, 5) is 24.7. The minimum atomic E-state index is -2.45. The van der Waals surface area contributed by atoms with Crippen LogP contribution in [0.3, 0.4) is 0 Å². The summed E-state index contributed by atoms with van der Waals surface area (Å²) in [5.41, 5.74) is 3.23. The minimum Gasteiger partial charge on any atom is -0.493 e. The summed E-state index contributed by atoms with van der Waals surface area (Å²) in [6, 6.07) is 4.71. The van der Waals surface area contributed by atoms with E-state index in [0.29, 0.717) is 35.3 Å². The molecule has 0 spiro atoms. The average molecular weight is 410 g/mol. The van der Waals surface area contributed by atoms with Crippen LogP contribution in [0, 0.1) is 12.3 Å². The van der Waals surface area contributed by atoms with Gasteiger partial charge in [0.15, 0.2) is 0 Å². The van der Waals surface area contributed by atoms with Crippen molar-refractivity contribution >= 4 is 22.8 Å². The second kappa shape index (κ2) is 7.62. The zero-order valence-electron chi connectivity index (χ0n) is 16.3. The summed E-state index contributed by atoms with van der Waals surface area (Å²) in [5, 5.41) is 12.5. The lowest BCUT2D eigenvalue weighted by molar-refractivity contribution is -0.125. The highest BCUT2D eigenvalue weighted by Crippen LogP contribution is 2.50. The van der Waals surface area contributed by atoms with Crippen molar-refractivity contribution in [2.75, 3.05) is 13.2 Å². The maximum atomic E-state index is 13.1. The number of aliphatic hydroxyl groups excluding tert-OH is 1. The number of halogens is 2. The Balaban J connectivity index is 1.88. The number of nitrogens with two attached hydrogens (primary N) is 1. The van der Waals surface area contributed by atoms with Gasteiger partial charge in [-0.15, -0.1) is 0 Å². The van der Waals surface area contributed by atoms with Crippen molar-refractivity contribution < 1.29 is 32.6 Å². The topological polar surface area (TPSA) is 115 Å². The lowest BCUT2D eigenvalue weighted by Crippen LogP contribution is -2.59. The standard InChI is InChI=1S/C20H24F2N2O5/c1-3-20(9-25,18(23)27)24-16(26)15-11(2)29-14-5-4-12(8-13(14)15)28-10-19(6-7-19)17(21)22/h4-5,8,17,25H,3,6-7,9-10H2,1-2H3,(H2,23,27)(H,24,26). The van der Waals surface area contributed by atoms with Crippen molar-refractivity contribution in [2.45, 2.75) is 45.1 Å². The third kappa shape index (κ3) is 3.78. The molecule has 3 rings (SSSR count). The molecule has 1 aromatic heterocycles. The van der Waals surface area contributed by atoms with E-state index in [4.69, 9.17) is 14.9 Å². The number of alkyl halides is 2. The van der Waals surface area contributed by atoms with Gasteiger partial charge in [-0.2, -0.15) is 0 Å². The molecule has 0 bridgehead atoms. The second-order valence-corrected chi connectivity index (χ2v) is 7.56. The largest absolute Gasteiger partial charge is 0.493 e. The molecule has 29 heavy (non-hydrogen) atoms. The molecule has 1 unspecified atom stereocenters. The first-order valence-corrected chi connectivity index (χ1v) is 9.35. The number of nitrogens with one attached hydrogen (secondary N) is 1. The summed E-state index contributed by atoms with van der Waals surface area (Å²) in [5.74, 6) is -0.863. The number of hydrogen-bond donors (Lipinski definition) is 3. The zero-order valence-corrected chi connectivity index (χ0v) is 16.3. The number of ether oxygens (including phenoxy) is 1. The lowest BCUT2D eigenvalue weighted by atomic mass is 9.95. The smallest absolute Gasteiger partial charge is 0.256 e. The molecule has 1 heterocycles. The van der Waals surface area contributed by atoms with Crippen LogP contribution in [0.15, 0.2) is 22.6 Å². The molecule has 1 aromatic carbocycles. The van der Waals surface area contributed by atoms with Gasteiger partial charge in [-0.1, -0.05) is 6.92 Å². The summed E-state index contributed by atoms with van der Waals surface area (Å²) in [6.07, 6.45) is -1.51. The molecular formula is C20H24F2N2O5. The Kier molecular flexibility index (Phi) is 5.53. The molecule has 2 aromatic rings. The zero-order chi connectivity index (χ0) is 21.4. The number of furan rings is 1. The van der Waals surface area contributed by atoms with Gasteiger partial charge in [0.2, 0.25) is 12.3 Å². The first-order valence-electron chi connectivity index (χ1n) is 9.35. The quantitative estimate of drug-likeness (QED) is 0.588. The number of amides is 2. The number of carbonyl (C=O) groups excluding carboxylic acids is 2. The van der Waals surface area contributed by atoms with E-state index in [0.717, 1.165) is 0 Å². The number of primary amides is 1. The molecule has 7 nitrogen and oxygen atoms in total. The minimum absolute atomic E-state index is 0.101. The third-order valence-corrected chi connectivity index (χ3v) is 5.64. The molecule has 1 fully saturated rings. The average Bonchev–Trinajstić information content (AvgIpc) is 3.40. The van der Waals surface area contributed by atoms with Gasteiger partial charge in [0.25, 0.3) is 5.91 Å². The molecule has 0 radical (unpaired) electrons. The van der Waals surface area contributed by atoms with Crippen LogP contribution in [0.1, 0.15) is 42.3 Å². The fourth-order valence-corrected chi connectivity index (χ4v) is 3.22. The van der Waals surface area contributed by atoms with Crippen molar-refractivity contribution in [3.05, 3.63) is 29.5 Å². The van der Waals surface area contributed by atoms with Crippen LogP contribution in [0.2, 0.25) is 0 Å². The van der Waals surface area contributed by atoms with Crippen molar-refractivity contribution in [3.63, 3.8) is 0 Å². The van der Waals surface area contributed by atoms with E-state index in [2.05, 4.69) is 5.32 Å². The predicted octanol–water partition coefficient (Wildman–Crippen LogP) is 2.52. The Morgan fingerprint density at radius 1 is 1.41 bits per heavy atom. The summed E-state index contributed by atoms with van der Waals surface area (Å²) < 4.78 is 37.3. The fourth-order valence-electron chi connectivity index (χ4n) is 3.22. The molecule has 9 heteroatoms. The van der Waals surface area contributed by atoms with Crippen molar-refractivity contribution in [3.8, 4) is 5.75 Å². The van der Waals surface area contributed by atoms with E-state index in [1.165, 1.54) is 0 Å². The van der Waals surface area contributed by atoms with E-state index in [1.54, 1.807) is 32.0 Å². The molecule has 1 atom stereocenters. The molecule has 0 aliphatic heterocycles. The number of aliphatic hydroxyl groups is 1. The molecule has 4 N–H and O–H groups in total. The Bertz CT molecular complexity index is 932. The van der Waals surface area contributed by atoms with Crippen LogP contribution >= 0.6 is 0 Å². The first-order chi connectivity index (χ1) is 13.7. The highest BCUT2D eigenvalue weighted by molar-refractivity contribution is 6.09. The van der Waals surface area contributed by atoms with Gasteiger partial charge in [0.1, 0.15) is 22.6 Å². The number of rotatable bonds is 9. The van der Waals surface area contributed by atoms with Gasteiger partial charge in [-0.25, -0.2) is 8.78 Å². The molecule has 2 amide bonds. The van der Waals surface area contributed by atoms with Gasteiger partial charge in [-0.3, -0.25) is 9.59 Å². The van der Waals surface area contributed by atoms with Crippen molar-refractivity contribution in [2.24, 2.45) is 11.1 Å². The molecule has 1 saturated carbocycles. The van der Waals surface area contributed by atoms with E-state index in [-0.39, 0.29) is 18.6 Å². The molecule has 158 valence electrons. The number of fused-ring (bicyclic) bond motifs is 1. The van der Waals surface area contributed by atoms with Gasteiger partial charge in [0, 0.05) is 5.39 Å². The Hall–Kier alpha value is -2.68. The predicted molar refractivity (Wildman–Crippen MR) is 101 cm³/mol. The van der Waals surface area contributed by atoms with Gasteiger partial charge >= 0.3 is 0 Å². The Morgan fingerprint density at radius 2 is 2.10 bits per heavy atom. The van der Waals surface area contributed by atoms with Crippen molar-refractivity contribution in [1.82, 2.24) is 5.32 Å². The SMILES string of the molecule is CCC(CO)(NC(=O)c1c(C)oc2ccc(OCC3(C(F)F)CC3)cc12)C(N)=O. The van der Waals surface area contributed by atoms with Crippen LogP contribution in [-0.4, -0.2) is 42.1 Å². The summed E-state index contributed by atoms with van der Waals surface area (Å²) >= 11 is 0. The molecular weight excluding hydrogens is 386 g/mol. The summed E-state index contributed by atoms with van der Waals surface area (Å²) in [7, 11) is 0. The fraction of sp³-hybridized carbons (Fsp3) is 0.500. The van der Waals surface area contributed by atoms with Crippen LogP contribution in [-0.2, 0) is 4.79 Å². The number of carbonyl (C=O) groups is 2. The molecule has 0 saturated heterocycles. The van der Waals surface area contributed by atoms with E-state index in [1.807, 2.05) is 0 Å². The highest BCUT2D eigenvalue weighted by atomic mass is 19.3. The van der Waals surface area contributed by atoms with E-state index in [9.17, 15) is 23.5 Å². The van der Waals surface area contributed by atoms with Crippen molar-refractivity contribution in [1.29, 1.82) is 0 Å². The van der Waals surface area contributed by atoms with Gasteiger partial charge < -0.3 is 25.3 Å². The first kappa shape index (κ1) is 21.0.